The Kier molecular flexibility index (Phi) is 18.3. The van der Waals surface area contributed by atoms with Crippen LogP contribution in [0.1, 0.15) is 118 Å². The van der Waals surface area contributed by atoms with Crippen molar-refractivity contribution >= 4 is 0 Å². The maximum atomic E-state index is 10.3. The van der Waals surface area contributed by atoms with E-state index in [-0.39, 0.29) is 159 Å². The summed E-state index contributed by atoms with van der Waals surface area (Å²) in [5, 5.41) is 82.3. The zero-order chi connectivity index (χ0) is 53.6. The minimum absolute atomic E-state index is 0.152. The van der Waals surface area contributed by atoms with Crippen LogP contribution < -0.4 is 37.9 Å². The summed E-state index contributed by atoms with van der Waals surface area (Å²) in [6.45, 7) is 9.37. The average molecular weight is 1060 g/mol. The summed E-state index contributed by atoms with van der Waals surface area (Å²) < 4.78 is 54.5. The van der Waals surface area contributed by atoms with E-state index < -0.39 is 23.7 Å². The SMILES string of the molecule is CC1c2cc3c4c(CN(CCO)CCO)c2OCOc2c1cc1c(c2CN(CCO)CCO)OCOc2c(cc5c(c2CN(CCO)CCO)OCOc2c(cc(c(c2CN(CCO)CCO)OCO4)C3C)C5C)C1C. The van der Waals surface area contributed by atoms with Gasteiger partial charge in [-0.05, 0) is 24.3 Å². The Morgan fingerprint density at radius 2 is 0.434 bits per heavy atom. The molecule has 1 aliphatic carbocycles. The van der Waals surface area contributed by atoms with Crippen molar-refractivity contribution in [2.45, 2.75) is 77.5 Å². The van der Waals surface area contributed by atoms with Crippen molar-refractivity contribution < 1.29 is 78.7 Å². The largest absolute Gasteiger partial charge is 0.457 e. The van der Waals surface area contributed by atoms with E-state index in [9.17, 15) is 40.9 Å². The maximum absolute atomic E-state index is 10.3. The third kappa shape index (κ3) is 10.8. The molecule has 0 saturated carbocycles. The van der Waals surface area contributed by atoms with Crippen molar-refractivity contribution in [3.8, 4) is 46.0 Å². The molecule has 8 bridgehead atoms. The lowest BCUT2D eigenvalue weighted by Gasteiger charge is -2.37. The van der Waals surface area contributed by atoms with Crippen LogP contribution in [-0.4, -0.2) is 193 Å². The fourth-order valence-corrected chi connectivity index (χ4v) is 11.9. The van der Waals surface area contributed by atoms with Gasteiger partial charge in [0.05, 0.1) is 75.1 Å². The van der Waals surface area contributed by atoms with Crippen LogP contribution in [-0.2, 0) is 26.2 Å². The highest BCUT2D eigenvalue weighted by Gasteiger charge is 2.40. The number of rotatable bonds is 24. The number of aliphatic hydroxyl groups is 8. The molecule has 5 aliphatic rings. The van der Waals surface area contributed by atoms with Crippen LogP contribution in [0.15, 0.2) is 24.3 Å². The summed E-state index contributed by atoms with van der Waals surface area (Å²) in [5.41, 5.74) is 9.49. The van der Waals surface area contributed by atoms with Gasteiger partial charge in [0.25, 0.3) is 0 Å². The van der Waals surface area contributed by atoms with E-state index in [0.717, 1.165) is 44.5 Å². The van der Waals surface area contributed by atoms with Crippen molar-refractivity contribution in [2.24, 2.45) is 0 Å². The molecular weight excluding hydrogens is 985 g/mol. The minimum Gasteiger partial charge on any atom is -0.457 e. The molecule has 0 fully saturated rings. The van der Waals surface area contributed by atoms with E-state index in [4.69, 9.17) is 37.9 Å². The molecular formula is C56H76N4O16. The Morgan fingerprint density at radius 1 is 0.289 bits per heavy atom. The normalized spacial score (nSPS) is 18.8. The minimum atomic E-state index is -0.424. The molecule has 416 valence electrons. The number of benzene rings is 4. The number of aliphatic hydroxyl groups excluding tert-OH is 8. The molecule has 4 aromatic carbocycles. The maximum Gasteiger partial charge on any atom is 0.230 e. The quantitative estimate of drug-likeness (QED) is 0.0503. The van der Waals surface area contributed by atoms with Crippen molar-refractivity contribution in [3.63, 3.8) is 0 Å². The molecule has 0 saturated heterocycles. The molecule has 4 aromatic rings. The molecule has 0 atom stereocenters. The monoisotopic (exact) mass is 1060 g/mol. The van der Waals surface area contributed by atoms with Crippen LogP contribution in [0.2, 0.25) is 0 Å². The second-order valence-electron chi connectivity index (χ2n) is 20.2. The lowest BCUT2D eigenvalue weighted by Crippen LogP contribution is -2.32. The van der Waals surface area contributed by atoms with Gasteiger partial charge in [0.1, 0.15) is 46.0 Å². The molecule has 4 heterocycles. The topological polar surface area (TPSA) is 249 Å². The van der Waals surface area contributed by atoms with Gasteiger partial charge in [0.15, 0.2) is 0 Å². The second kappa shape index (κ2) is 25.1. The summed E-state index contributed by atoms with van der Waals surface area (Å²) in [4.78, 5) is 7.81. The molecule has 0 spiro atoms. The van der Waals surface area contributed by atoms with E-state index in [1.165, 1.54) is 0 Å². The summed E-state index contributed by atoms with van der Waals surface area (Å²) >= 11 is 0. The van der Waals surface area contributed by atoms with Gasteiger partial charge in [-0.3, -0.25) is 19.6 Å². The van der Waals surface area contributed by atoms with Crippen molar-refractivity contribution in [3.05, 3.63) is 91.0 Å². The van der Waals surface area contributed by atoms with Gasteiger partial charge in [0, 0.05) is 147 Å². The first-order valence-electron chi connectivity index (χ1n) is 26.6. The van der Waals surface area contributed by atoms with Gasteiger partial charge < -0.3 is 78.7 Å². The lowest BCUT2D eigenvalue weighted by molar-refractivity contribution is 0.0870. The fraction of sp³-hybridized carbons (Fsp3) is 0.571. The van der Waals surface area contributed by atoms with E-state index in [1.54, 1.807) is 0 Å². The van der Waals surface area contributed by atoms with Crippen LogP contribution in [0.5, 0.6) is 46.0 Å². The fourth-order valence-electron chi connectivity index (χ4n) is 11.9. The highest BCUT2D eigenvalue weighted by atomic mass is 16.7. The Labute approximate surface area is 444 Å². The predicted molar refractivity (Wildman–Crippen MR) is 278 cm³/mol. The molecule has 20 nitrogen and oxygen atoms in total. The first kappa shape index (κ1) is 55.6. The lowest BCUT2D eigenvalue weighted by atomic mass is 9.78. The van der Waals surface area contributed by atoms with Crippen LogP contribution in [0.25, 0.3) is 0 Å². The number of ether oxygens (including phenoxy) is 8. The highest BCUT2D eigenvalue weighted by Crippen LogP contribution is 2.57. The standard InChI is InChI=1S/C56H76N4O16/c1-33-37-21-39-34(2)41-23-43-36(4)44-24-42-35(3)40-22-38(33)50-46(26-58(7-15-63)8-16-64)52(40)72-31-74-54(42)48(28-60(11-19-67)12-20-68)56(44)76-32-75-55(43)47(27-59(9-17-65)10-18-66)53(41)73-30-71-51(39)45(49(37)69-29-70-50)25-57(5-13-61)6-14-62/h21-24,33-36,61-68H,5-20,25-32H2,1-4H3. The van der Waals surface area contributed by atoms with Crippen molar-refractivity contribution in [1.82, 2.24) is 19.6 Å². The molecule has 0 radical (unpaired) electrons. The molecule has 4 aliphatic heterocycles. The first-order chi connectivity index (χ1) is 37.0. The smallest absolute Gasteiger partial charge is 0.230 e. The van der Waals surface area contributed by atoms with Gasteiger partial charge in [-0.1, -0.05) is 27.7 Å². The molecule has 8 N–H and O–H groups in total. The van der Waals surface area contributed by atoms with Gasteiger partial charge >= 0.3 is 0 Å². The van der Waals surface area contributed by atoms with E-state index in [1.807, 2.05) is 19.6 Å². The predicted octanol–water partition coefficient (Wildman–Crippen LogP) is 2.67. The zero-order valence-electron chi connectivity index (χ0n) is 44.2. The van der Waals surface area contributed by atoms with Crippen LogP contribution >= 0.6 is 0 Å². The molecule has 76 heavy (non-hydrogen) atoms. The van der Waals surface area contributed by atoms with Crippen LogP contribution in [0, 0.1) is 0 Å². The van der Waals surface area contributed by atoms with Crippen LogP contribution in [0.3, 0.4) is 0 Å². The van der Waals surface area contributed by atoms with E-state index in [0.29, 0.717) is 68.2 Å². The van der Waals surface area contributed by atoms with Crippen molar-refractivity contribution in [2.75, 3.05) is 132 Å². The van der Waals surface area contributed by atoms with Gasteiger partial charge in [-0.15, -0.1) is 0 Å². The average Bonchev–Trinajstić information content (AvgIpc) is 3.38. The summed E-state index contributed by atoms with van der Waals surface area (Å²) in [6.07, 6.45) is 0. The Balaban J connectivity index is 1.42. The molecule has 0 unspecified atom stereocenters. The Hall–Kier alpha value is -5.20. The van der Waals surface area contributed by atoms with Crippen molar-refractivity contribution in [1.29, 1.82) is 0 Å². The zero-order valence-corrected chi connectivity index (χ0v) is 44.2. The summed E-state index contributed by atoms with van der Waals surface area (Å²) in [7, 11) is 0. The van der Waals surface area contributed by atoms with Crippen LogP contribution in [0.4, 0.5) is 0 Å². The van der Waals surface area contributed by atoms with Gasteiger partial charge in [-0.25, -0.2) is 0 Å². The molecule has 9 rings (SSSR count). The third-order valence-electron chi connectivity index (χ3n) is 15.7. The number of nitrogens with zero attached hydrogens (tertiary/aromatic N) is 4. The van der Waals surface area contributed by atoms with Gasteiger partial charge in [-0.2, -0.15) is 0 Å². The van der Waals surface area contributed by atoms with E-state index in [2.05, 4.69) is 52.0 Å². The van der Waals surface area contributed by atoms with Gasteiger partial charge in [0.2, 0.25) is 27.2 Å². The second-order valence-corrected chi connectivity index (χ2v) is 20.2. The third-order valence-corrected chi connectivity index (χ3v) is 15.7. The summed E-state index contributed by atoms with van der Waals surface area (Å²) in [5.74, 6) is 2.58. The first-order valence-corrected chi connectivity index (χ1v) is 26.6. The highest BCUT2D eigenvalue weighted by molar-refractivity contribution is 5.69. The number of hydrogen-bond acceptors (Lipinski definition) is 20. The molecule has 20 heteroatoms. The number of hydrogen-bond donors (Lipinski definition) is 8. The molecule has 0 amide bonds. The van der Waals surface area contributed by atoms with E-state index >= 15 is 0 Å². The Morgan fingerprint density at radius 3 is 0.566 bits per heavy atom. The molecule has 0 aromatic heterocycles. The summed E-state index contributed by atoms with van der Waals surface area (Å²) in [6, 6.07) is 8.61. The Bertz CT molecular complexity index is 2170.